The predicted octanol–water partition coefficient (Wildman–Crippen LogP) is 2.58. The molecule has 1 amide bonds. The molecule has 1 N–H and O–H groups in total. The van der Waals surface area contributed by atoms with Crippen LogP contribution in [-0.4, -0.2) is 44.1 Å². The zero-order valence-electron chi connectivity index (χ0n) is 12.8. The highest BCUT2D eigenvalue weighted by Crippen LogP contribution is 2.23. The number of likely N-dealkylation sites (tertiary alicyclic amines) is 1. The highest BCUT2D eigenvalue weighted by atomic mass is 35.5. The number of ether oxygens (including phenoxy) is 1. The molecule has 1 unspecified atom stereocenters. The quantitative estimate of drug-likeness (QED) is 0.908. The molecule has 1 aliphatic rings. The monoisotopic (exact) mass is 312 g/mol. The molecule has 5 heteroatoms. The number of benzene rings is 1. The van der Waals surface area contributed by atoms with E-state index in [0.29, 0.717) is 23.8 Å². The Morgan fingerprint density at radius 2 is 2.19 bits per heavy atom. The van der Waals surface area contributed by atoms with E-state index in [1.807, 2.05) is 43.1 Å². The summed E-state index contributed by atoms with van der Waals surface area (Å²) in [5, 5.41) is 3.21. The van der Waals surface area contributed by atoms with E-state index in [0.717, 1.165) is 26.1 Å². The largest absolute Gasteiger partial charge is 0.493 e. The van der Waals surface area contributed by atoms with E-state index < -0.39 is 0 Å². The van der Waals surface area contributed by atoms with Crippen molar-refractivity contribution in [3.8, 4) is 5.75 Å². The molecule has 1 heterocycles. The summed E-state index contributed by atoms with van der Waals surface area (Å²) in [5.41, 5.74) is 0.680. The molecule has 4 nitrogen and oxygen atoms in total. The van der Waals surface area contributed by atoms with Gasteiger partial charge in [-0.05, 0) is 51.4 Å². The molecule has 1 atom stereocenters. The van der Waals surface area contributed by atoms with Gasteiger partial charge in [-0.1, -0.05) is 12.1 Å². The van der Waals surface area contributed by atoms with E-state index in [1.165, 1.54) is 6.42 Å². The maximum absolute atomic E-state index is 12.7. The SMILES string of the molecule is CCOc1ccccc1C(=O)N1CCCC(CNC)C1.Cl. The molecule has 0 spiro atoms. The first-order valence-electron chi connectivity index (χ1n) is 7.42. The molecule has 1 saturated heterocycles. The highest BCUT2D eigenvalue weighted by Gasteiger charge is 2.25. The number of rotatable bonds is 5. The normalized spacial score (nSPS) is 18.0. The third-order valence-corrected chi connectivity index (χ3v) is 3.72. The van der Waals surface area contributed by atoms with Gasteiger partial charge in [0.05, 0.1) is 12.2 Å². The molecule has 0 radical (unpaired) electrons. The van der Waals surface area contributed by atoms with Gasteiger partial charge in [0.15, 0.2) is 0 Å². The van der Waals surface area contributed by atoms with Crippen LogP contribution in [0.15, 0.2) is 24.3 Å². The molecule has 118 valence electrons. The Bertz CT molecular complexity index is 452. The van der Waals surface area contributed by atoms with Gasteiger partial charge in [0.2, 0.25) is 0 Å². The van der Waals surface area contributed by atoms with Gasteiger partial charge in [-0.15, -0.1) is 12.4 Å². The number of para-hydroxylation sites is 1. The number of nitrogens with zero attached hydrogens (tertiary/aromatic N) is 1. The third kappa shape index (κ3) is 4.61. The number of hydrogen-bond acceptors (Lipinski definition) is 3. The van der Waals surface area contributed by atoms with Crippen molar-refractivity contribution in [2.75, 3.05) is 33.3 Å². The van der Waals surface area contributed by atoms with Gasteiger partial charge in [-0.2, -0.15) is 0 Å². The summed E-state index contributed by atoms with van der Waals surface area (Å²) in [6.07, 6.45) is 2.27. The molecular formula is C16H25ClN2O2. The third-order valence-electron chi connectivity index (χ3n) is 3.72. The van der Waals surface area contributed by atoms with Crippen LogP contribution in [0, 0.1) is 5.92 Å². The van der Waals surface area contributed by atoms with Crippen molar-refractivity contribution in [2.45, 2.75) is 19.8 Å². The number of hydrogen-bond donors (Lipinski definition) is 1. The van der Waals surface area contributed by atoms with Crippen molar-refractivity contribution < 1.29 is 9.53 Å². The van der Waals surface area contributed by atoms with E-state index in [-0.39, 0.29) is 18.3 Å². The van der Waals surface area contributed by atoms with Gasteiger partial charge < -0.3 is 15.0 Å². The average Bonchev–Trinajstić information content (AvgIpc) is 2.48. The molecule has 1 aliphatic heterocycles. The Morgan fingerprint density at radius 3 is 2.90 bits per heavy atom. The van der Waals surface area contributed by atoms with Gasteiger partial charge in [0.1, 0.15) is 5.75 Å². The summed E-state index contributed by atoms with van der Waals surface area (Å²) in [5.74, 6) is 1.34. The molecular weight excluding hydrogens is 288 g/mol. The summed E-state index contributed by atoms with van der Waals surface area (Å²) in [6, 6.07) is 7.52. The lowest BCUT2D eigenvalue weighted by molar-refractivity contribution is 0.0670. The van der Waals surface area contributed by atoms with Gasteiger partial charge in [0, 0.05) is 13.1 Å². The number of halogens is 1. The lowest BCUT2D eigenvalue weighted by atomic mass is 9.97. The van der Waals surface area contributed by atoms with E-state index in [4.69, 9.17) is 4.74 Å². The van der Waals surface area contributed by atoms with Crippen LogP contribution in [0.5, 0.6) is 5.75 Å². The Balaban J connectivity index is 0.00000220. The molecule has 1 aromatic rings. The van der Waals surface area contributed by atoms with Crippen molar-refractivity contribution >= 4 is 18.3 Å². The number of amides is 1. The Morgan fingerprint density at radius 1 is 1.43 bits per heavy atom. The molecule has 0 aliphatic carbocycles. The molecule has 0 saturated carbocycles. The molecule has 1 fully saturated rings. The van der Waals surface area contributed by atoms with E-state index in [2.05, 4.69) is 5.32 Å². The predicted molar refractivity (Wildman–Crippen MR) is 87.4 cm³/mol. The summed E-state index contributed by atoms with van der Waals surface area (Å²) in [4.78, 5) is 14.6. The minimum Gasteiger partial charge on any atom is -0.493 e. The van der Waals surface area contributed by atoms with Crippen LogP contribution < -0.4 is 10.1 Å². The van der Waals surface area contributed by atoms with Crippen LogP contribution in [0.4, 0.5) is 0 Å². The van der Waals surface area contributed by atoms with Gasteiger partial charge in [0.25, 0.3) is 5.91 Å². The Kier molecular flexibility index (Phi) is 7.54. The maximum atomic E-state index is 12.7. The summed E-state index contributed by atoms with van der Waals surface area (Å²) >= 11 is 0. The molecule has 0 aromatic heterocycles. The van der Waals surface area contributed by atoms with E-state index >= 15 is 0 Å². The van der Waals surface area contributed by atoms with Gasteiger partial charge >= 0.3 is 0 Å². The second kappa shape index (κ2) is 8.90. The zero-order chi connectivity index (χ0) is 14.4. The first-order chi connectivity index (χ1) is 9.76. The summed E-state index contributed by atoms with van der Waals surface area (Å²) in [7, 11) is 1.96. The van der Waals surface area contributed by atoms with Crippen LogP contribution >= 0.6 is 12.4 Å². The minimum absolute atomic E-state index is 0. The van der Waals surface area contributed by atoms with Crippen molar-refractivity contribution in [3.05, 3.63) is 29.8 Å². The topological polar surface area (TPSA) is 41.6 Å². The fourth-order valence-electron chi connectivity index (χ4n) is 2.80. The number of nitrogens with one attached hydrogen (secondary N) is 1. The van der Waals surface area contributed by atoms with E-state index in [1.54, 1.807) is 0 Å². The fourth-order valence-corrected chi connectivity index (χ4v) is 2.80. The van der Waals surface area contributed by atoms with Crippen LogP contribution in [0.2, 0.25) is 0 Å². The van der Waals surface area contributed by atoms with Crippen LogP contribution in [0.25, 0.3) is 0 Å². The van der Waals surface area contributed by atoms with E-state index in [9.17, 15) is 4.79 Å². The lowest BCUT2D eigenvalue weighted by Gasteiger charge is -2.33. The molecule has 1 aromatic carbocycles. The van der Waals surface area contributed by atoms with Gasteiger partial charge in [-0.25, -0.2) is 0 Å². The minimum atomic E-state index is 0. The second-order valence-corrected chi connectivity index (χ2v) is 5.25. The zero-order valence-corrected chi connectivity index (χ0v) is 13.6. The van der Waals surface area contributed by atoms with Crippen molar-refractivity contribution in [1.82, 2.24) is 10.2 Å². The Labute approximate surface area is 133 Å². The first-order valence-corrected chi connectivity index (χ1v) is 7.42. The maximum Gasteiger partial charge on any atom is 0.257 e. The first kappa shape index (κ1) is 17.8. The highest BCUT2D eigenvalue weighted by molar-refractivity contribution is 5.97. The van der Waals surface area contributed by atoms with Crippen LogP contribution in [-0.2, 0) is 0 Å². The summed E-state index contributed by atoms with van der Waals surface area (Å²) in [6.45, 7) is 5.16. The average molecular weight is 313 g/mol. The van der Waals surface area contributed by atoms with Crippen molar-refractivity contribution in [3.63, 3.8) is 0 Å². The number of piperidine rings is 1. The molecule has 21 heavy (non-hydrogen) atoms. The second-order valence-electron chi connectivity index (χ2n) is 5.25. The summed E-state index contributed by atoms with van der Waals surface area (Å²) < 4.78 is 5.56. The fraction of sp³-hybridized carbons (Fsp3) is 0.562. The Hall–Kier alpha value is -1.26. The molecule has 2 rings (SSSR count). The van der Waals surface area contributed by atoms with Crippen LogP contribution in [0.3, 0.4) is 0 Å². The van der Waals surface area contributed by atoms with Crippen molar-refractivity contribution in [1.29, 1.82) is 0 Å². The number of carbonyl (C=O) groups excluding carboxylic acids is 1. The standard InChI is InChI=1S/C16H24N2O2.ClH/c1-3-20-15-9-5-4-8-14(15)16(19)18-10-6-7-13(12-18)11-17-2;/h4-5,8-9,13,17H,3,6-7,10-12H2,1-2H3;1H. The van der Waals surface area contributed by atoms with Crippen molar-refractivity contribution in [2.24, 2.45) is 5.92 Å². The van der Waals surface area contributed by atoms with Crippen LogP contribution in [0.1, 0.15) is 30.1 Å². The smallest absolute Gasteiger partial charge is 0.257 e. The molecule has 0 bridgehead atoms. The lowest BCUT2D eigenvalue weighted by Crippen LogP contribution is -2.42. The number of carbonyl (C=O) groups is 1. The van der Waals surface area contributed by atoms with Gasteiger partial charge in [-0.3, -0.25) is 4.79 Å².